The molecule has 3 heterocycles. The van der Waals surface area contributed by atoms with Crippen LogP contribution in [0.1, 0.15) is 11.3 Å². The minimum absolute atomic E-state index is 0.0898. The van der Waals surface area contributed by atoms with Crippen LogP contribution in [0.2, 0.25) is 0 Å². The van der Waals surface area contributed by atoms with Gasteiger partial charge in [-0.05, 0) is 54.6 Å². The molecule has 0 atom stereocenters. The van der Waals surface area contributed by atoms with Crippen LogP contribution in [0.15, 0.2) is 96.2 Å². The average molecular weight is 351 g/mol. The van der Waals surface area contributed by atoms with E-state index in [9.17, 15) is 4.79 Å². The third-order valence-electron chi connectivity index (χ3n) is 4.16. The molecule has 4 aromatic rings. The van der Waals surface area contributed by atoms with E-state index in [1.807, 2.05) is 85.1 Å². The highest BCUT2D eigenvalue weighted by molar-refractivity contribution is 5.71. The molecule has 3 aromatic heterocycles. The second-order valence-corrected chi connectivity index (χ2v) is 6.00. The first-order valence-corrected chi connectivity index (χ1v) is 8.64. The Hall–Kier alpha value is -3.79. The zero-order valence-corrected chi connectivity index (χ0v) is 14.6. The molecule has 0 saturated carbocycles. The van der Waals surface area contributed by atoms with Gasteiger partial charge in [-0.3, -0.25) is 19.3 Å². The van der Waals surface area contributed by atoms with Gasteiger partial charge in [0.1, 0.15) is 0 Å². The van der Waals surface area contributed by atoms with Crippen LogP contribution in [0.5, 0.6) is 0 Å². The van der Waals surface area contributed by atoms with Crippen LogP contribution in [-0.4, -0.2) is 14.5 Å². The molecule has 0 N–H and O–H groups in total. The van der Waals surface area contributed by atoms with Gasteiger partial charge in [0.25, 0.3) is 5.56 Å². The molecule has 4 nitrogen and oxygen atoms in total. The van der Waals surface area contributed by atoms with E-state index in [1.165, 1.54) is 0 Å². The van der Waals surface area contributed by atoms with E-state index in [-0.39, 0.29) is 5.56 Å². The number of para-hydroxylation sites is 1. The van der Waals surface area contributed by atoms with E-state index in [1.54, 1.807) is 23.0 Å². The van der Waals surface area contributed by atoms with Gasteiger partial charge in [0.2, 0.25) is 0 Å². The fraction of sp³-hybridized carbons (Fsp3) is 0. The largest absolute Gasteiger partial charge is 0.283 e. The quantitative estimate of drug-likeness (QED) is 0.545. The molecule has 1 aromatic carbocycles. The standard InChI is InChI=1S/C23H17N3O/c27-23-18(12-13-20-8-4-6-14-24-20)16-19(22-11-5-7-15-25-22)17-26(23)21-9-2-1-3-10-21/h1-17H. The molecule has 0 aliphatic rings. The summed E-state index contributed by atoms with van der Waals surface area (Å²) in [5.74, 6) is 0. The molecule has 0 saturated heterocycles. The Kier molecular flexibility index (Phi) is 4.70. The van der Waals surface area contributed by atoms with E-state index in [2.05, 4.69) is 9.97 Å². The number of hydrogen-bond acceptors (Lipinski definition) is 3. The Balaban J connectivity index is 1.87. The van der Waals surface area contributed by atoms with Crippen LogP contribution in [0.3, 0.4) is 0 Å². The van der Waals surface area contributed by atoms with Gasteiger partial charge in [0.15, 0.2) is 0 Å². The summed E-state index contributed by atoms with van der Waals surface area (Å²) in [7, 11) is 0. The summed E-state index contributed by atoms with van der Waals surface area (Å²) in [6.45, 7) is 0. The second kappa shape index (κ2) is 7.62. The van der Waals surface area contributed by atoms with Crippen LogP contribution >= 0.6 is 0 Å². The number of benzene rings is 1. The first kappa shape index (κ1) is 16.7. The van der Waals surface area contributed by atoms with Gasteiger partial charge in [0, 0.05) is 35.4 Å². The summed E-state index contributed by atoms with van der Waals surface area (Å²) in [4.78, 5) is 21.7. The number of nitrogens with zero attached hydrogens (tertiary/aromatic N) is 3. The molecule has 27 heavy (non-hydrogen) atoms. The minimum atomic E-state index is -0.0898. The SMILES string of the molecule is O=c1c(C=Cc2ccccn2)cc(-c2ccccn2)cn1-c1ccccc1. The van der Waals surface area contributed by atoms with Crippen molar-refractivity contribution in [3.63, 3.8) is 0 Å². The fourth-order valence-electron chi connectivity index (χ4n) is 2.83. The highest BCUT2D eigenvalue weighted by Crippen LogP contribution is 2.19. The summed E-state index contributed by atoms with van der Waals surface area (Å²) in [5.41, 5.74) is 3.79. The Morgan fingerprint density at radius 2 is 1.52 bits per heavy atom. The van der Waals surface area contributed by atoms with Gasteiger partial charge in [-0.15, -0.1) is 0 Å². The zero-order chi connectivity index (χ0) is 18.5. The maximum Gasteiger partial charge on any atom is 0.262 e. The van der Waals surface area contributed by atoms with Crippen LogP contribution in [-0.2, 0) is 0 Å². The van der Waals surface area contributed by atoms with Gasteiger partial charge in [-0.25, -0.2) is 0 Å². The van der Waals surface area contributed by atoms with Crippen LogP contribution in [0.4, 0.5) is 0 Å². The van der Waals surface area contributed by atoms with Crippen molar-refractivity contribution in [2.24, 2.45) is 0 Å². The van der Waals surface area contributed by atoms with Crippen LogP contribution < -0.4 is 5.56 Å². The van der Waals surface area contributed by atoms with E-state index >= 15 is 0 Å². The lowest BCUT2D eigenvalue weighted by Gasteiger charge is -2.10. The predicted octanol–water partition coefficient (Wildman–Crippen LogP) is 4.46. The molecule has 0 amide bonds. The molecule has 0 aliphatic heterocycles. The normalized spacial score (nSPS) is 11.0. The van der Waals surface area contributed by atoms with Gasteiger partial charge in [-0.2, -0.15) is 0 Å². The molecule has 0 aliphatic carbocycles. The summed E-state index contributed by atoms with van der Waals surface area (Å²) in [6, 6.07) is 22.9. The maximum atomic E-state index is 13.0. The van der Waals surface area contributed by atoms with Crippen LogP contribution in [0.25, 0.3) is 29.1 Å². The van der Waals surface area contributed by atoms with E-state index in [0.717, 1.165) is 22.6 Å². The summed E-state index contributed by atoms with van der Waals surface area (Å²) >= 11 is 0. The third-order valence-corrected chi connectivity index (χ3v) is 4.16. The molecule has 0 fully saturated rings. The molecule has 0 spiro atoms. The average Bonchev–Trinajstić information content (AvgIpc) is 2.75. The van der Waals surface area contributed by atoms with Crippen molar-refractivity contribution in [3.05, 3.63) is 113 Å². The van der Waals surface area contributed by atoms with E-state index in [4.69, 9.17) is 0 Å². The van der Waals surface area contributed by atoms with Gasteiger partial charge in [-0.1, -0.05) is 30.3 Å². The maximum absolute atomic E-state index is 13.0. The van der Waals surface area contributed by atoms with Gasteiger partial charge in [0.05, 0.1) is 11.4 Å². The Morgan fingerprint density at radius 3 is 2.22 bits per heavy atom. The highest BCUT2D eigenvalue weighted by Gasteiger charge is 2.09. The van der Waals surface area contributed by atoms with Crippen molar-refractivity contribution in [2.45, 2.75) is 0 Å². The molecular weight excluding hydrogens is 334 g/mol. The molecule has 4 rings (SSSR count). The van der Waals surface area contributed by atoms with Crippen molar-refractivity contribution in [1.29, 1.82) is 0 Å². The van der Waals surface area contributed by atoms with Crippen molar-refractivity contribution >= 4 is 12.2 Å². The summed E-state index contributed by atoms with van der Waals surface area (Å²) in [6.07, 6.45) is 8.95. The Bertz CT molecular complexity index is 1120. The van der Waals surface area contributed by atoms with E-state index in [0.29, 0.717) is 5.56 Å². The van der Waals surface area contributed by atoms with E-state index < -0.39 is 0 Å². The predicted molar refractivity (Wildman–Crippen MR) is 108 cm³/mol. The monoisotopic (exact) mass is 351 g/mol. The number of hydrogen-bond donors (Lipinski definition) is 0. The topological polar surface area (TPSA) is 47.8 Å². The van der Waals surface area contributed by atoms with Crippen LogP contribution in [0, 0.1) is 0 Å². The Labute approximate surface area is 157 Å². The van der Waals surface area contributed by atoms with Crippen molar-refractivity contribution in [3.8, 4) is 16.9 Å². The fourth-order valence-corrected chi connectivity index (χ4v) is 2.83. The number of pyridine rings is 3. The van der Waals surface area contributed by atoms with Crippen molar-refractivity contribution in [1.82, 2.24) is 14.5 Å². The lowest BCUT2D eigenvalue weighted by Crippen LogP contribution is -2.20. The minimum Gasteiger partial charge on any atom is -0.283 e. The molecule has 0 unspecified atom stereocenters. The zero-order valence-electron chi connectivity index (χ0n) is 14.6. The second-order valence-electron chi connectivity index (χ2n) is 6.00. The first-order chi connectivity index (χ1) is 13.3. The molecule has 0 radical (unpaired) electrons. The molecule has 130 valence electrons. The van der Waals surface area contributed by atoms with Gasteiger partial charge >= 0.3 is 0 Å². The first-order valence-electron chi connectivity index (χ1n) is 8.64. The molecule has 4 heteroatoms. The molecular formula is C23H17N3O. The summed E-state index contributed by atoms with van der Waals surface area (Å²) in [5, 5.41) is 0. The number of rotatable bonds is 4. The lowest BCUT2D eigenvalue weighted by atomic mass is 10.1. The van der Waals surface area contributed by atoms with Crippen molar-refractivity contribution in [2.75, 3.05) is 0 Å². The summed E-state index contributed by atoms with van der Waals surface area (Å²) < 4.78 is 1.65. The van der Waals surface area contributed by atoms with Gasteiger partial charge < -0.3 is 0 Å². The smallest absolute Gasteiger partial charge is 0.262 e. The Morgan fingerprint density at radius 1 is 0.778 bits per heavy atom. The third kappa shape index (κ3) is 3.75. The highest BCUT2D eigenvalue weighted by atomic mass is 16.1. The number of aromatic nitrogens is 3. The molecule has 0 bridgehead atoms. The van der Waals surface area contributed by atoms with Crippen molar-refractivity contribution < 1.29 is 0 Å². The lowest BCUT2D eigenvalue weighted by molar-refractivity contribution is 0.986.